The summed E-state index contributed by atoms with van der Waals surface area (Å²) in [5, 5.41) is 4.71. The van der Waals surface area contributed by atoms with Crippen molar-refractivity contribution in [2.45, 2.75) is 0 Å². The molecule has 5 aromatic carbocycles. The van der Waals surface area contributed by atoms with Crippen molar-refractivity contribution in [2.75, 3.05) is 18.6 Å². The summed E-state index contributed by atoms with van der Waals surface area (Å²) < 4.78 is 11.1. The first-order chi connectivity index (χ1) is 22.6. The van der Waals surface area contributed by atoms with Gasteiger partial charge in [0.15, 0.2) is 0 Å². The van der Waals surface area contributed by atoms with Gasteiger partial charge in [-0.2, -0.15) is 0 Å². The summed E-state index contributed by atoms with van der Waals surface area (Å²) in [5.74, 6) is 2.44. The maximum absolute atomic E-state index is 6.57. The highest BCUT2D eigenvalue weighted by Crippen LogP contribution is 2.38. The van der Waals surface area contributed by atoms with Gasteiger partial charge in [-0.3, -0.25) is 4.57 Å². The van der Waals surface area contributed by atoms with Crippen LogP contribution in [0.25, 0.3) is 55.1 Å². The van der Waals surface area contributed by atoms with Gasteiger partial charge < -0.3 is 19.1 Å². The molecule has 0 saturated carbocycles. The predicted molar refractivity (Wildman–Crippen MR) is 189 cm³/mol. The molecule has 0 spiro atoms. The SMILES string of the molecule is CN1C=C(c2ccccc2)N(c2cccc(Oc3ccc4c5ccccc5n(-c5cc6c(cn5)c5ccccc5n6C)c4c3)c2)C1. The van der Waals surface area contributed by atoms with Crippen molar-refractivity contribution in [1.82, 2.24) is 19.0 Å². The molecule has 9 rings (SSSR count). The van der Waals surface area contributed by atoms with E-state index in [0.29, 0.717) is 0 Å². The number of hydrogen-bond donors (Lipinski definition) is 0. The molecule has 0 saturated heterocycles. The van der Waals surface area contributed by atoms with Crippen LogP contribution in [0.2, 0.25) is 0 Å². The van der Waals surface area contributed by atoms with Gasteiger partial charge in [-0.15, -0.1) is 0 Å². The van der Waals surface area contributed by atoms with E-state index < -0.39 is 0 Å². The van der Waals surface area contributed by atoms with Crippen LogP contribution in [0.1, 0.15) is 5.56 Å². The van der Waals surface area contributed by atoms with E-state index in [1.165, 1.54) is 27.5 Å². The van der Waals surface area contributed by atoms with E-state index in [-0.39, 0.29) is 0 Å². The standard InChI is InChI=1S/C40H31N5O/c1-42-25-39(27-11-4-3-5-12-27)44(26-42)28-13-10-14-29(21-28)46-30-19-20-33-31-15-7-9-18-36(31)45(38(33)22-30)40-23-37-34(24-41-40)32-16-6-8-17-35(32)43(37)2/h3-25H,26H2,1-2H3. The minimum absolute atomic E-state index is 0.772. The normalized spacial score (nSPS) is 13.4. The van der Waals surface area contributed by atoms with Crippen LogP contribution in [-0.4, -0.2) is 32.7 Å². The third-order valence-corrected chi connectivity index (χ3v) is 9.09. The summed E-state index contributed by atoms with van der Waals surface area (Å²) >= 11 is 0. The number of aryl methyl sites for hydroxylation is 1. The number of hydrogen-bond acceptors (Lipinski definition) is 4. The molecule has 222 valence electrons. The molecule has 0 unspecified atom stereocenters. The average molecular weight is 598 g/mol. The zero-order valence-electron chi connectivity index (χ0n) is 25.6. The van der Waals surface area contributed by atoms with E-state index in [1.54, 1.807) is 0 Å². The summed E-state index contributed by atoms with van der Waals surface area (Å²) in [6, 6.07) is 44.4. The molecule has 3 aromatic heterocycles. The topological polar surface area (TPSA) is 38.5 Å². The van der Waals surface area contributed by atoms with Crippen LogP contribution >= 0.6 is 0 Å². The molecular formula is C40H31N5O. The predicted octanol–water partition coefficient (Wildman–Crippen LogP) is 9.32. The monoisotopic (exact) mass is 597 g/mol. The van der Waals surface area contributed by atoms with Crippen molar-refractivity contribution in [3.05, 3.63) is 145 Å². The lowest BCUT2D eigenvalue weighted by Crippen LogP contribution is -2.23. The largest absolute Gasteiger partial charge is 0.457 e. The Hall–Kier alpha value is -6.01. The van der Waals surface area contributed by atoms with Crippen LogP contribution in [0.15, 0.2) is 140 Å². The van der Waals surface area contributed by atoms with Crippen molar-refractivity contribution >= 4 is 55.0 Å². The second kappa shape index (κ2) is 10.3. The zero-order valence-corrected chi connectivity index (χ0v) is 25.6. The first-order valence-corrected chi connectivity index (χ1v) is 15.5. The van der Waals surface area contributed by atoms with Gasteiger partial charge in [0.2, 0.25) is 0 Å². The van der Waals surface area contributed by atoms with Gasteiger partial charge in [0.05, 0.1) is 28.9 Å². The van der Waals surface area contributed by atoms with Crippen molar-refractivity contribution in [3.8, 4) is 17.3 Å². The van der Waals surface area contributed by atoms with E-state index in [9.17, 15) is 0 Å². The molecule has 6 heteroatoms. The van der Waals surface area contributed by atoms with Gasteiger partial charge >= 0.3 is 0 Å². The fourth-order valence-corrected chi connectivity index (χ4v) is 6.96. The number of ether oxygens (including phenoxy) is 1. The highest BCUT2D eigenvalue weighted by Gasteiger charge is 2.22. The summed E-state index contributed by atoms with van der Waals surface area (Å²) in [6.07, 6.45) is 4.20. The number of pyridine rings is 1. The minimum Gasteiger partial charge on any atom is -0.457 e. The molecule has 1 aliphatic rings. The van der Waals surface area contributed by atoms with Crippen molar-refractivity contribution in [2.24, 2.45) is 7.05 Å². The van der Waals surface area contributed by atoms with E-state index in [1.807, 2.05) is 12.3 Å². The number of aromatic nitrogens is 3. The summed E-state index contributed by atoms with van der Waals surface area (Å²) in [7, 11) is 4.23. The highest BCUT2D eigenvalue weighted by molar-refractivity contribution is 6.11. The molecule has 0 bridgehead atoms. The number of para-hydroxylation sites is 2. The fraction of sp³-hybridized carbons (Fsp3) is 0.0750. The molecule has 1 aliphatic heterocycles. The van der Waals surface area contributed by atoms with Gasteiger partial charge in [-0.25, -0.2) is 4.98 Å². The van der Waals surface area contributed by atoms with Gasteiger partial charge in [0.1, 0.15) is 17.3 Å². The molecule has 0 aliphatic carbocycles. The Morgan fingerprint density at radius 1 is 0.587 bits per heavy atom. The quantitative estimate of drug-likeness (QED) is 0.198. The molecule has 0 N–H and O–H groups in total. The molecule has 0 amide bonds. The summed E-state index contributed by atoms with van der Waals surface area (Å²) in [5.41, 5.74) is 7.95. The lowest BCUT2D eigenvalue weighted by atomic mass is 10.1. The zero-order chi connectivity index (χ0) is 30.8. The molecule has 46 heavy (non-hydrogen) atoms. The molecule has 0 radical (unpaired) electrons. The lowest BCUT2D eigenvalue weighted by Gasteiger charge is -2.23. The molecule has 0 fully saturated rings. The van der Waals surface area contributed by atoms with Crippen LogP contribution in [0, 0.1) is 0 Å². The lowest BCUT2D eigenvalue weighted by molar-refractivity contribution is 0.481. The van der Waals surface area contributed by atoms with Crippen molar-refractivity contribution in [1.29, 1.82) is 0 Å². The number of rotatable bonds is 5. The fourth-order valence-electron chi connectivity index (χ4n) is 6.96. The van der Waals surface area contributed by atoms with E-state index in [2.05, 4.69) is 161 Å². The highest BCUT2D eigenvalue weighted by atomic mass is 16.5. The van der Waals surface area contributed by atoms with Crippen LogP contribution in [0.5, 0.6) is 11.5 Å². The maximum atomic E-state index is 6.57. The summed E-state index contributed by atoms with van der Waals surface area (Å²) in [6.45, 7) is 0.772. The molecule has 6 nitrogen and oxygen atoms in total. The van der Waals surface area contributed by atoms with Crippen LogP contribution in [-0.2, 0) is 7.05 Å². The van der Waals surface area contributed by atoms with Gasteiger partial charge in [0, 0.05) is 77.4 Å². The Balaban J connectivity index is 1.13. The van der Waals surface area contributed by atoms with E-state index >= 15 is 0 Å². The number of nitrogens with zero attached hydrogens (tertiary/aromatic N) is 5. The molecule has 4 heterocycles. The van der Waals surface area contributed by atoms with Gasteiger partial charge in [-0.1, -0.05) is 72.8 Å². The Morgan fingerprint density at radius 2 is 1.30 bits per heavy atom. The van der Waals surface area contributed by atoms with Crippen molar-refractivity contribution in [3.63, 3.8) is 0 Å². The Morgan fingerprint density at radius 3 is 2.15 bits per heavy atom. The minimum atomic E-state index is 0.772. The van der Waals surface area contributed by atoms with E-state index in [0.717, 1.165) is 57.0 Å². The van der Waals surface area contributed by atoms with Crippen LogP contribution < -0.4 is 9.64 Å². The smallest absolute Gasteiger partial charge is 0.139 e. The van der Waals surface area contributed by atoms with Gasteiger partial charge in [-0.05, 0) is 42.0 Å². The van der Waals surface area contributed by atoms with Crippen molar-refractivity contribution < 1.29 is 4.74 Å². The number of benzene rings is 5. The van der Waals surface area contributed by atoms with Crippen LogP contribution in [0.3, 0.4) is 0 Å². The molecule has 0 atom stereocenters. The van der Waals surface area contributed by atoms with Gasteiger partial charge in [0.25, 0.3) is 0 Å². The first kappa shape index (κ1) is 26.4. The Bertz CT molecular complexity index is 2470. The number of fused-ring (bicyclic) bond motifs is 6. The average Bonchev–Trinajstić information content (AvgIpc) is 3.74. The Labute approximate surface area is 266 Å². The van der Waals surface area contributed by atoms with E-state index in [4.69, 9.17) is 9.72 Å². The third kappa shape index (κ3) is 4.14. The Kier molecular flexibility index (Phi) is 5.90. The second-order valence-corrected chi connectivity index (χ2v) is 12.0. The maximum Gasteiger partial charge on any atom is 0.139 e. The third-order valence-electron chi connectivity index (χ3n) is 9.09. The molecule has 8 aromatic rings. The summed E-state index contributed by atoms with van der Waals surface area (Å²) in [4.78, 5) is 9.53. The first-order valence-electron chi connectivity index (χ1n) is 15.5. The number of anilines is 1. The second-order valence-electron chi connectivity index (χ2n) is 12.0. The molecular weight excluding hydrogens is 566 g/mol. The van der Waals surface area contributed by atoms with Crippen LogP contribution in [0.4, 0.5) is 5.69 Å².